The Morgan fingerprint density at radius 2 is 2.12 bits per heavy atom. The lowest BCUT2D eigenvalue weighted by Gasteiger charge is -2.06. The van der Waals surface area contributed by atoms with E-state index < -0.39 is 0 Å². The summed E-state index contributed by atoms with van der Waals surface area (Å²) in [6, 6.07) is 14.7. The Morgan fingerprint density at radius 1 is 1.19 bits per heavy atom. The number of hydrogen-bond donors (Lipinski definition) is 2. The number of nitrogens with one attached hydrogen (secondary N) is 2. The molecule has 0 aliphatic rings. The second-order valence-corrected chi connectivity index (χ2v) is 6.29. The van der Waals surface area contributed by atoms with Gasteiger partial charge in [-0.1, -0.05) is 17.7 Å². The molecule has 4 rings (SSSR count). The van der Waals surface area contributed by atoms with Crippen LogP contribution < -0.4 is 5.32 Å². The van der Waals surface area contributed by atoms with E-state index in [9.17, 15) is 4.79 Å². The fourth-order valence-corrected chi connectivity index (χ4v) is 2.93. The molecule has 6 nitrogen and oxygen atoms in total. The maximum absolute atomic E-state index is 12.4. The molecule has 0 spiro atoms. The van der Waals surface area contributed by atoms with E-state index in [-0.39, 0.29) is 5.91 Å². The number of aromatic amines is 1. The minimum Gasteiger partial charge on any atom is -0.352 e. The van der Waals surface area contributed by atoms with Crippen molar-refractivity contribution >= 4 is 28.5 Å². The van der Waals surface area contributed by atoms with Gasteiger partial charge in [0.2, 0.25) is 0 Å². The molecule has 1 amide bonds. The Hall–Kier alpha value is -3.12. The van der Waals surface area contributed by atoms with E-state index >= 15 is 0 Å². The van der Waals surface area contributed by atoms with Crippen LogP contribution in [0.25, 0.3) is 16.7 Å². The molecule has 0 fully saturated rings. The number of hydrogen-bond acceptors (Lipinski definition) is 3. The molecule has 0 saturated carbocycles. The number of aromatic nitrogens is 4. The summed E-state index contributed by atoms with van der Waals surface area (Å²) in [5, 5.41) is 7.76. The van der Waals surface area contributed by atoms with Gasteiger partial charge >= 0.3 is 0 Å². The van der Waals surface area contributed by atoms with Gasteiger partial charge in [-0.15, -0.1) is 0 Å². The lowest BCUT2D eigenvalue weighted by Crippen LogP contribution is -2.26. The summed E-state index contributed by atoms with van der Waals surface area (Å²) >= 11 is 5.98. The molecule has 0 atom stereocenters. The van der Waals surface area contributed by atoms with Crippen LogP contribution in [0.5, 0.6) is 0 Å². The number of benzene rings is 2. The maximum Gasteiger partial charge on any atom is 0.251 e. The van der Waals surface area contributed by atoms with Crippen LogP contribution in [0.4, 0.5) is 0 Å². The Balaban J connectivity index is 1.40. The number of imidazole rings is 1. The third-order valence-corrected chi connectivity index (χ3v) is 4.25. The predicted molar refractivity (Wildman–Crippen MR) is 101 cm³/mol. The van der Waals surface area contributed by atoms with Crippen molar-refractivity contribution in [3.05, 3.63) is 77.3 Å². The first-order valence-electron chi connectivity index (χ1n) is 8.21. The van der Waals surface area contributed by atoms with Gasteiger partial charge < -0.3 is 10.3 Å². The number of fused-ring (bicyclic) bond motifs is 1. The number of nitrogens with zero attached hydrogens (tertiary/aromatic N) is 3. The van der Waals surface area contributed by atoms with Crippen molar-refractivity contribution in [2.24, 2.45) is 0 Å². The van der Waals surface area contributed by atoms with E-state index in [0.717, 1.165) is 22.5 Å². The zero-order valence-corrected chi connectivity index (χ0v) is 14.6. The normalized spacial score (nSPS) is 11.0. The van der Waals surface area contributed by atoms with Crippen LogP contribution in [0.2, 0.25) is 5.02 Å². The highest BCUT2D eigenvalue weighted by molar-refractivity contribution is 6.31. The summed E-state index contributed by atoms with van der Waals surface area (Å²) in [6.45, 7) is 0.485. The van der Waals surface area contributed by atoms with Gasteiger partial charge in [0.1, 0.15) is 5.82 Å². The van der Waals surface area contributed by atoms with Crippen molar-refractivity contribution in [2.45, 2.75) is 6.42 Å². The number of amides is 1. The highest BCUT2D eigenvalue weighted by atomic mass is 35.5. The third kappa shape index (κ3) is 3.45. The van der Waals surface area contributed by atoms with Crippen molar-refractivity contribution in [3.8, 4) is 5.69 Å². The first kappa shape index (κ1) is 16.4. The molecule has 26 heavy (non-hydrogen) atoms. The summed E-state index contributed by atoms with van der Waals surface area (Å²) in [5.41, 5.74) is 3.19. The van der Waals surface area contributed by atoms with E-state index in [2.05, 4.69) is 20.4 Å². The molecule has 0 bridgehead atoms. The van der Waals surface area contributed by atoms with E-state index in [1.54, 1.807) is 16.9 Å². The van der Waals surface area contributed by atoms with Crippen LogP contribution in [0.3, 0.4) is 0 Å². The van der Waals surface area contributed by atoms with E-state index in [1.165, 1.54) is 0 Å². The lowest BCUT2D eigenvalue weighted by molar-refractivity contribution is 0.0954. The minimum atomic E-state index is -0.127. The largest absolute Gasteiger partial charge is 0.352 e. The second kappa shape index (κ2) is 7.01. The fraction of sp³-hybridized carbons (Fsp3) is 0.105. The summed E-state index contributed by atoms with van der Waals surface area (Å²) < 4.78 is 1.72. The van der Waals surface area contributed by atoms with Gasteiger partial charge in [-0.3, -0.25) is 4.79 Å². The molecule has 130 valence electrons. The van der Waals surface area contributed by atoms with Gasteiger partial charge in [0.05, 0.1) is 16.7 Å². The molecule has 0 unspecified atom stereocenters. The second-order valence-electron chi connectivity index (χ2n) is 5.85. The van der Waals surface area contributed by atoms with Crippen LogP contribution in [0.15, 0.2) is 60.9 Å². The molecule has 4 aromatic rings. The topological polar surface area (TPSA) is 75.6 Å². The van der Waals surface area contributed by atoms with Crippen molar-refractivity contribution in [3.63, 3.8) is 0 Å². The Kier molecular flexibility index (Phi) is 4.41. The number of carbonyl (C=O) groups is 1. The zero-order valence-electron chi connectivity index (χ0n) is 13.8. The van der Waals surface area contributed by atoms with Gasteiger partial charge in [-0.2, -0.15) is 5.10 Å². The van der Waals surface area contributed by atoms with Crippen LogP contribution in [0.1, 0.15) is 16.2 Å². The zero-order chi connectivity index (χ0) is 17.9. The smallest absolute Gasteiger partial charge is 0.251 e. The molecule has 7 heteroatoms. The number of halogens is 1. The predicted octanol–water partition coefficient (Wildman–Crippen LogP) is 3.37. The summed E-state index contributed by atoms with van der Waals surface area (Å²) in [4.78, 5) is 20.1. The van der Waals surface area contributed by atoms with Crippen LogP contribution in [-0.2, 0) is 6.42 Å². The number of rotatable bonds is 5. The highest BCUT2D eigenvalue weighted by Crippen LogP contribution is 2.17. The third-order valence-electron chi connectivity index (χ3n) is 4.02. The Bertz CT molecular complexity index is 1050. The number of H-pyrrole nitrogens is 1. The molecular formula is C19H16ClN5O. The van der Waals surface area contributed by atoms with Gasteiger partial charge in [0.15, 0.2) is 0 Å². The molecular weight excluding hydrogens is 350 g/mol. The molecule has 2 aromatic heterocycles. The lowest BCUT2D eigenvalue weighted by atomic mass is 10.2. The molecule has 2 N–H and O–H groups in total. The summed E-state index contributed by atoms with van der Waals surface area (Å²) in [5.74, 6) is 0.686. The van der Waals surface area contributed by atoms with Crippen molar-refractivity contribution < 1.29 is 4.79 Å². The highest BCUT2D eigenvalue weighted by Gasteiger charge is 2.08. The minimum absolute atomic E-state index is 0.127. The first-order chi connectivity index (χ1) is 12.7. The quantitative estimate of drug-likeness (QED) is 0.569. The molecule has 0 aliphatic carbocycles. The van der Waals surface area contributed by atoms with Gasteiger partial charge in [0, 0.05) is 35.9 Å². The van der Waals surface area contributed by atoms with E-state index in [4.69, 9.17) is 11.6 Å². The standard InChI is InChI=1S/C19H16ClN5O/c20-14-5-6-16-17(12-14)24-18(23-16)7-9-21-19(26)13-3-1-4-15(11-13)25-10-2-8-22-25/h1-6,8,10-12H,7,9H2,(H,21,26)(H,23,24). The SMILES string of the molecule is O=C(NCCc1nc2ccc(Cl)cc2[nH]1)c1cccc(-n2cccn2)c1. The van der Waals surface area contributed by atoms with Crippen molar-refractivity contribution in [2.75, 3.05) is 6.54 Å². The molecule has 0 radical (unpaired) electrons. The number of carbonyl (C=O) groups excluding carboxylic acids is 1. The van der Waals surface area contributed by atoms with Crippen molar-refractivity contribution in [1.82, 2.24) is 25.1 Å². The van der Waals surface area contributed by atoms with Crippen LogP contribution >= 0.6 is 11.6 Å². The molecule has 0 saturated heterocycles. The molecule has 2 heterocycles. The average molecular weight is 366 g/mol. The van der Waals surface area contributed by atoms with Gasteiger partial charge in [0.25, 0.3) is 5.91 Å². The van der Waals surface area contributed by atoms with E-state index in [1.807, 2.05) is 48.7 Å². The summed E-state index contributed by atoms with van der Waals surface area (Å²) in [6.07, 6.45) is 4.15. The van der Waals surface area contributed by atoms with Crippen molar-refractivity contribution in [1.29, 1.82) is 0 Å². The molecule has 0 aliphatic heterocycles. The first-order valence-corrected chi connectivity index (χ1v) is 8.59. The molecule has 2 aromatic carbocycles. The summed E-state index contributed by atoms with van der Waals surface area (Å²) in [7, 11) is 0. The van der Waals surface area contributed by atoms with Gasteiger partial charge in [-0.25, -0.2) is 9.67 Å². The van der Waals surface area contributed by atoms with Crippen LogP contribution in [-0.4, -0.2) is 32.2 Å². The Labute approximate surface area is 154 Å². The average Bonchev–Trinajstić information content (AvgIpc) is 3.31. The van der Waals surface area contributed by atoms with Crippen LogP contribution in [0, 0.1) is 0 Å². The van der Waals surface area contributed by atoms with Gasteiger partial charge in [-0.05, 0) is 42.5 Å². The van der Waals surface area contributed by atoms with E-state index in [0.29, 0.717) is 23.6 Å². The fourth-order valence-electron chi connectivity index (χ4n) is 2.76. The Morgan fingerprint density at radius 3 is 2.96 bits per heavy atom. The monoisotopic (exact) mass is 365 g/mol. The maximum atomic E-state index is 12.4.